The number of anilines is 1. The van der Waals surface area contributed by atoms with Crippen LogP contribution < -0.4 is 10.2 Å². The normalized spacial score (nSPS) is 18.7. The van der Waals surface area contributed by atoms with Gasteiger partial charge in [0.25, 0.3) is 0 Å². The molecule has 2 aromatic heterocycles. The van der Waals surface area contributed by atoms with Crippen molar-refractivity contribution in [3.8, 4) is 6.07 Å². The second-order valence-corrected chi connectivity index (χ2v) is 9.97. The van der Waals surface area contributed by atoms with Gasteiger partial charge in [-0.2, -0.15) is 5.26 Å². The molecule has 4 heterocycles. The Morgan fingerprint density at radius 2 is 2.03 bits per heavy atom. The topological polar surface area (TPSA) is 105 Å². The van der Waals surface area contributed by atoms with Gasteiger partial charge in [0, 0.05) is 62.8 Å². The SMILES string of the molecule is Cn1cc(CNCC2CCN(c3ncc(C(=O)COC4CCCCO4)cn3)CC2)c2cc(C#N)ccc21. The maximum absolute atomic E-state index is 12.4. The van der Waals surface area contributed by atoms with Gasteiger partial charge in [0.2, 0.25) is 5.95 Å². The number of benzene rings is 1. The third kappa shape index (κ3) is 6.16. The van der Waals surface area contributed by atoms with Crippen LogP contribution in [0.15, 0.2) is 36.8 Å². The highest BCUT2D eigenvalue weighted by molar-refractivity contribution is 5.96. The Kier molecular flexibility index (Phi) is 8.09. The Morgan fingerprint density at radius 3 is 2.76 bits per heavy atom. The molecule has 2 aliphatic heterocycles. The lowest BCUT2D eigenvalue weighted by atomic mass is 9.97. The van der Waals surface area contributed by atoms with Gasteiger partial charge in [-0.05, 0) is 68.3 Å². The summed E-state index contributed by atoms with van der Waals surface area (Å²) in [4.78, 5) is 23.5. The molecule has 2 aliphatic rings. The summed E-state index contributed by atoms with van der Waals surface area (Å²) in [7, 11) is 2.04. The Balaban J connectivity index is 1.06. The van der Waals surface area contributed by atoms with Gasteiger partial charge in [-0.15, -0.1) is 0 Å². The van der Waals surface area contributed by atoms with Gasteiger partial charge < -0.3 is 24.3 Å². The molecular formula is C28H34N6O3. The van der Waals surface area contributed by atoms with Crippen LogP contribution in [0.4, 0.5) is 5.95 Å². The van der Waals surface area contributed by atoms with Crippen molar-refractivity contribution in [3.63, 3.8) is 0 Å². The van der Waals surface area contributed by atoms with Crippen LogP contribution in [-0.4, -0.2) is 59.5 Å². The molecule has 0 saturated carbocycles. The molecule has 9 nitrogen and oxygen atoms in total. The van der Waals surface area contributed by atoms with Crippen molar-refractivity contribution in [2.45, 2.75) is 44.9 Å². The number of rotatable bonds is 9. The molecule has 1 aromatic carbocycles. The van der Waals surface area contributed by atoms with Crippen molar-refractivity contribution in [2.24, 2.45) is 13.0 Å². The molecule has 2 fully saturated rings. The first-order valence-corrected chi connectivity index (χ1v) is 13.1. The number of ether oxygens (including phenoxy) is 2. The van der Waals surface area contributed by atoms with E-state index in [1.165, 1.54) is 5.56 Å². The molecule has 3 aromatic rings. The maximum Gasteiger partial charge on any atom is 0.225 e. The third-order valence-electron chi connectivity index (χ3n) is 7.35. The lowest BCUT2D eigenvalue weighted by Crippen LogP contribution is -2.38. The van der Waals surface area contributed by atoms with Crippen LogP contribution in [0.3, 0.4) is 0 Å². The molecule has 37 heavy (non-hydrogen) atoms. The van der Waals surface area contributed by atoms with Crippen molar-refractivity contribution < 1.29 is 14.3 Å². The van der Waals surface area contributed by atoms with Crippen molar-refractivity contribution >= 4 is 22.6 Å². The molecule has 0 radical (unpaired) electrons. The number of piperidine rings is 1. The highest BCUT2D eigenvalue weighted by Crippen LogP contribution is 2.23. The van der Waals surface area contributed by atoms with Crippen molar-refractivity contribution in [1.82, 2.24) is 19.9 Å². The Hall–Kier alpha value is -3.32. The minimum Gasteiger partial charge on any atom is -0.353 e. The summed E-state index contributed by atoms with van der Waals surface area (Å²) in [6, 6.07) is 8.09. The zero-order chi connectivity index (χ0) is 25.6. The van der Waals surface area contributed by atoms with Crippen LogP contribution >= 0.6 is 0 Å². The fourth-order valence-corrected chi connectivity index (χ4v) is 5.16. The first-order valence-electron chi connectivity index (χ1n) is 13.1. The largest absolute Gasteiger partial charge is 0.353 e. The Morgan fingerprint density at radius 1 is 1.22 bits per heavy atom. The van der Waals surface area contributed by atoms with Crippen molar-refractivity contribution in [3.05, 3.63) is 53.5 Å². The lowest BCUT2D eigenvalue weighted by Gasteiger charge is -2.32. The van der Waals surface area contributed by atoms with Crippen LogP contribution in [0.1, 0.15) is 53.6 Å². The van der Waals surface area contributed by atoms with Crippen LogP contribution in [0, 0.1) is 17.2 Å². The number of carbonyl (C=O) groups excluding carboxylic acids is 1. The van der Waals surface area contributed by atoms with Gasteiger partial charge >= 0.3 is 0 Å². The van der Waals surface area contributed by atoms with Crippen LogP contribution in [-0.2, 0) is 23.1 Å². The average Bonchev–Trinajstić information content (AvgIpc) is 3.27. The molecule has 9 heteroatoms. The van der Waals surface area contributed by atoms with Crippen molar-refractivity contribution in [2.75, 3.05) is 37.7 Å². The number of Topliss-reactive ketones (excluding diaryl/α,β-unsaturated/α-hetero) is 1. The summed E-state index contributed by atoms with van der Waals surface area (Å²) >= 11 is 0. The molecule has 1 atom stereocenters. The highest BCUT2D eigenvalue weighted by Gasteiger charge is 2.22. The fourth-order valence-electron chi connectivity index (χ4n) is 5.16. The van der Waals surface area contributed by atoms with E-state index in [1.54, 1.807) is 12.4 Å². The number of hydrogen-bond acceptors (Lipinski definition) is 8. The standard InChI is InChI=1S/C28H34N6O3/c1-33-18-23(24-12-21(13-29)5-6-25(24)33)15-30-14-20-7-9-34(10-8-20)28-31-16-22(17-32-28)26(35)19-37-27-4-2-3-11-36-27/h5-6,12,16-18,20,27,30H,2-4,7-11,14-15,19H2,1H3. The smallest absolute Gasteiger partial charge is 0.225 e. The summed E-state index contributed by atoms with van der Waals surface area (Å²) in [6.45, 7) is 4.19. The van der Waals surface area contributed by atoms with E-state index in [9.17, 15) is 10.1 Å². The molecule has 0 amide bonds. The number of aromatic nitrogens is 3. The van der Waals surface area contributed by atoms with Gasteiger partial charge in [0.15, 0.2) is 12.1 Å². The predicted octanol–water partition coefficient (Wildman–Crippen LogP) is 3.57. The molecule has 0 spiro atoms. The van der Waals surface area contributed by atoms with Gasteiger partial charge in [0.1, 0.15) is 6.61 Å². The van der Waals surface area contributed by atoms with E-state index >= 15 is 0 Å². The van der Waals surface area contributed by atoms with E-state index in [0.717, 1.165) is 69.2 Å². The summed E-state index contributed by atoms with van der Waals surface area (Å²) in [6.07, 6.45) is 10.1. The Bertz CT molecular complexity index is 1250. The van der Waals surface area contributed by atoms with Gasteiger partial charge in [0.05, 0.1) is 17.2 Å². The number of nitrogens with one attached hydrogen (secondary N) is 1. The molecule has 194 valence electrons. The minimum atomic E-state index is -0.280. The number of aryl methyl sites for hydroxylation is 1. The number of fused-ring (bicyclic) bond motifs is 1. The minimum absolute atomic E-state index is 0.00989. The first-order chi connectivity index (χ1) is 18.1. The molecule has 0 aliphatic carbocycles. The van der Waals surface area contributed by atoms with Gasteiger partial charge in [-0.3, -0.25) is 4.79 Å². The Labute approximate surface area is 217 Å². The molecule has 1 unspecified atom stereocenters. The summed E-state index contributed by atoms with van der Waals surface area (Å²) in [5.74, 6) is 1.13. The number of hydrogen-bond donors (Lipinski definition) is 1. The van der Waals surface area contributed by atoms with Crippen LogP contribution in [0.5, 0.6) is 0 Å². The summed E-state index contributed by atoms with van der Waals surface area (Å²) in [5, 5.41) is 14.0. The van der Waals surface area contributed by atoms with E-state index in [1.807, 2.05) is 25.2 Å². The number of nitrogens with zero attached hydrogens (tertiary/aromatic N) is 5. The zero-order valence-corrected chi connectivity index (χ0v) is 21.4. The van der Waals surface area contributed by atoms with E-state index in [0.29, 0.717) is 29.6 Å². The van der Waals surface area contributed by atoms with E-state index in [-0.39, 0.29) is 18.7 Å². The van der Waals surface area contributed by atoms with Crippen LogP contribution in [0.25, 0.3) is 10.9 Å². The monoisotopic (exact) mass is 502 g/mol. The predicted molar refractivity (Wildman–Crippen MR) is 140 cm³/mol. The van der Waals surface area contributed by atoms with E-state index in [4.69, 9.17) is 9.47 Å². The van der Waals surface area contributed by atoms with Gasteiger partial charge in [-0.1, -0.05) is 0 Å². The van der Waals surface area contributed by atoms with E-state index < -0.39 is 0 Å². The van der Waals surface area contributed by atoms with Crippen molar-refractivity contribution in [1.29, 1.82) is 5.26 Å². The zero-order valence-electron chi connectivity index (χ0n) is 21.4. The average molecular weight is 503 g/mol. The maximum atomic E-state index is 12.4. The molecule has 2 saturated heterocycles. The first kappa shape index (κ1) is 25.3. The third-order valence-corrected chi connectivity index (χ3v) is 7.35. The molecular weight excluding hydrogens is 468 g/mol. The number of nitriles is 1. The number of carbonyl (C=O) groups is 1. The molecule has 1 N–H and O–H groups in total. The quantitative estimate of drug-likeness (QED) is 0.443. The van der Waals surface area contributed by atoms with E-state index in [2.05, 4.69) is 37.0 Å². The second kappa shape index (κ2) is 11.8. The lowest BCUT2D eigenvalue weighted by molar-refractivity contribution is -0.155. The molecule has 5 rings (SSSR count). The fraction of sp³-hybridized carbons (Fsp3) is 0.500. The molecule has 0 bridgehead atoms. The van der Waals surface area contributed by atoms with Gasteiger partial charge in [-0.25, -0.2) is 9.97 Å². The van der Waals surface area contributed by atoms with Crippen LogP contribution in [0.2, 0.25) is 0 Å². The summed E-state index contributed by atoms with van der Waals surface area (Å²) < 4.78 is 13.2. The summed E-state index contributed by atoms with van der Waals surface area (Å²) in [5.41, 5.74) is 3.51. The second-order valence-electron chi connectivity index (χ2n) is 9.97. The number of ketones is 1. The highest BCUT2D eigenvalue weighted by atomic mass is 16.7.